The van der Waals surface area contributed by atoms with Gasteiger partial charge in [-0.15, -0.1) is 0 Å². The molecule has 3 atom stereocenters. The highest BCUT2D eigenvalue weighted by Gasteiger charge is 2.43. The molecule has 0 aliphatic heterocycles. The number of hydrogen-bond donors (Lipinski definition) is 1. The summed E-state index contributed by atoms with van der Waals surface area (Å²) in [6, 6.07) is 0. The van der Waals surface area contributed by atoms with E-state index in [0.29, 0.717) is 17.3 Å². The molecule has 2 aliphatic rings. The summed E-state index contributed by atoms with van der Waals surface area (Å²) in [7, 11) is 0. The smallest absolute Gasteiger partial charge is 0.0641 e. The van der Waals surface area contributed by atoms with Crippen molar-refractivity contribution in [1.29, 1.82) is 0 Å². The Hall–Kier alpha value is -0.560. The van der Waals surface area contributed by atoms with E-state index >= 15 is 0 Å². The predicted molar refractivity (Wildman–Crippen MR) is 68.2 cm³/mol. The number of allylic oxidation sites excluding steroid dienone is 1. The van der Waals surface area contributed by atoms with Crippen LogP contribution in [0, 0.1) is 17.3 Å². The molecule has 0 aromatic carbocycles. The normalized spacial score (nSPS) is 39.2. The minimum Gasteiger partial charge on any atom is -0.392 e. The first-order chi connectivity index (χ1) is 7.57. The lowest BCUT2D eigenvalue weighted by Crippen LogP contribution is -2.38. The largest absolute Gasteiger partial charge is 0.392 e. The quantitative estimate of drug-likeness (QED) is 0.704. The molecule has 0 radical (unpaired) electrons. The molecule has 2 rings (SSSR count). The molecule has 2 saturated carbocycles. The molecule has 1 unspecified atom stereocenters. The van der Waals surface area contributed by atoms with E-state index < -0.39 is 0 Å². The predicted octanol–water partition coefficient (Wildman–Crippen LogP) is 3.70. The van der Waals surface area contributed by atoms with Crippen LogP contribution >= 0.6 is 0 Å². The summed E-state index contributed by atoms with van der Waals surface area (Å²) in [4.78, 5) is 0. The molecule has 0 saturated heterocycles. The molecule has 2 fully saturated rings. The van der Waals surface area contributed by atoms with Crippen LogP contribution in [0.4, 0.5) is 0 Å². The van der Waals surface area contributed by atoms with Gasteiger partial charge in [-0.3, -0.25) is 0 Å². The van der Waals surface area contributed by atoms with E-state index in [1.807, 2.05) is 0 Å². The minimum absolute atomic E-state index is 0.153. The van der Waals surface area contributed by atoms with Crippen LogP contribution < -0.4 is 0 Å². The Bertz CT molecular complexity index is 305. The third-order valence-electron chi connectivity index (χ3n) is 4.94. The zero-order valence-electron chi connectivity index (χ0n) is 10.5. The number of fused-ring (bicyclic) bond motifs is 1. The molecule has 0 aromatic heterocycles. The minimum atomic E-state index is 0.153. The molecular weight excluding hydrogens is 196 g/mol. The third kappa shape index (κ3) is 1.98. The van der Waals surface area contributed by atoms with Crippen molar-refractivity contribution in [1.82, 2.24) is 0 Å². The fourth-order valence-electron chi connectivity index (χ4n) is 3.72. The first-order valence-corrected chi connectivity index (χ1v) is 6.53. The van der Waals surface area contributed by atoms with Crippen LogP contribution in [0.25, 0.3) is 0 Å². The zero-order chi connectivity index (χ0) is 11.8. The lowest BCUT2D eigenvalue weighted by atomic mass is 9.56. The van der Waals surface area contributed by atoms with E-state index in [9.17, 15) is 5.11 Å². The summed E-state index contributed by atoms with van der Waals surface area (Å²) in [5, 5.41) is 9.19. The highest BCUT2D eigenvalue weighted by Crippen LogP contribution is 2.54. The molecule has 0 amide bonds. The lowest BCUT2D eigenvalue weighted by molar-refractivity contribution is 0.0800. The van der Waals surface area contributed by atoms with Gasteiger partial charge in [-0.25, -0.2) is 0 Å². The molecule has 16 heavy (non-hydrogen) atoms. The molecule has 0 spiro atoms. The molecule has 0 aromatic rings. The second kappa shape index (κ2) is 4.37. The maximum absolute atomic E-state index is 9.19. The van der Waals surface area contributed by atoms with Gasteiger partial charge < -0.3 is 5.11 Å². The Labute approximate surface area is 99.3 Å². The van der Waals surface area contributed by atoms with Gasteiger partial charge >= 0.3 is 0 Å². The van der Waals surface area contributed by atoms with Gasteiger partial charge in [-0.05, 0) is 61.3 Å². The Morgan fingerprint density at radius 3 is 2.94 bits per heavy atom. The lowest BCUT2D eigenvalue weighted by Gasteiger charge is -2.49. The molecule has 0 heterocycles. The SMILES string of the molecule is C=C(CO)[C@@H]1CCC2(C)CCCC(=C)[C@H]2C1. The van der Waals surface area contributed by atoms with Crippen molar-refractivity contribution in [2.24, 2.45) is 17.3 Å². The van der Waals surface area contributed by atoms with Crippen LogP contribution in [0.1, 0.15) is 45.4 Å². The maximum atomic E-state index is 9.19. The Balaban J connectivity index is 2.12. The van der Waals surface area contributed by atoms with Crippen molar-refractivity contribution in [2.75, 3.05) is 6.61 Å². The van der Waals surface area contributed by atoms with E-state index in [0.717, 1.165) is 5.57 Å². The van der Waals surface area contributed by atoms with Crippen molar-refractivity contribution in [3.8, 4) is 0 Å². The molecule has 0 bridgehead atoms. The molecule has 90 valence electrons. The highest BCUT2D eigenvalue weighted by atomic mass is 16.3. The molecule has 1 heteroatoms. The van der Waals surface area contributed by atoms with E-state index in [2.05, 4.69) is 20.1 Å². The van der Waals surface area contributed by atoms with E-state index in [4.69, 9.17) is 0 Å². The monoisotopic (exact) mass is 220 g/mol. The Morgan fingerprint density at radius 1 is 1.50 bits per heavy atom. The number of aliphatic hydroxyl groups excluding tert-OH is 1. The van der Waals surface area contributed by atoms with Gasteiger partial charge in [0.15, 0.2) is 0 Å². The third-order valence-corrected chi connectivity index (χ3v) is 4.94. The first-order valence-electron chi connectivity index (χ1n) is 6.53. The average molecular weight is 220 g/mol. The van der Waals surface area contributed by atoms with Gasteiger partial charge in [0.25, 0.3) is 0 Å². The summed E-state index contributed by atoms with van der Waals surface area (Å²) < 4.78 is 0. The Morgan fingerprint density at radius 2 is 2.25 bits per heavy atom. The Kier molecular flexibility index (Phi) is 3.25. The number of aliphatic hydroxyl groups is 1. The van der Waals surface area contributed by atoms with Crippen LogP contribution in [-0.2, 0) is 0 Å². The fourth-order valence-corrected chi connectivity index (χ4v) is 3.72. The average Bonchev–Trinajstić information content (AvgIpc) is 2.27. The standard InChI is InChI=1S/C15H24O/c1-11-5-4-7-15(3)8-6-13(9-14(11)15)12(2)10-16/h13-14,16H,1-2,4-10H2,3H3/t13-,14-,15?/m1/s1. The van der Waals surface area contributed by atoms with Crippen molar-refractivity contribution in [3.05, 3.63) is 24.3 Å². The summed E-state index contributed by atoms with van der Waals surface area (Å²) in [6.45, 7) is 10.9. The first kappa shape index (κ1) is 11.9. The molecule has 2 aliphatic carbocycles. The number of hydrogen-bond acceptors (Lipinski definition) is 1. The summed E-state index contributed by atoms with van der Waals surface area (Å²) in [5.41, 5.74) is 2.96. The van der Waals surface area contributed by atoms with E-state index in [1.165, 1.54) is 44.1 Å². The van der Waals surface area contributed by atoms with Crippen molar-refractivity contribution >= 4 is 0 Å². The number of rotatable bonds is 2. The van der Waals surface area contributed by atoms with Crippen LogP contribution in [0.3, 0.4) is 0 Å². The van der Waals surface area contributed by atoms with Crippen LogP contribution in [0.2, 0.25) is 0 Å². The van der Waals surface area contributed by atoms with E-state index in [1.54, 1.807) is 0 Å². The summed E-state index contributed by atoms with van der Waals surface area (Å²) in [5.74, 6) is 1.20. The van der Waals surface area contributed by atoms with Crippen LogP contribution in [0.15, 0.2) is 24.3 Å². The molecule has 1 N–H and O–H groups in total. The van der Waals surface area contributed by atoms with Crippen molar-refractivity contribution < 1.29 is 5.11 Å². The van der Waals surface area contributed by atoms with Gasteiger partial charge in [-0.1, -0.05) is 25.7 Å². The van der Waals surface area contributed by atoms with Gasteiger partial charge in [-0.2, -0.15) is 0 Å². The summed E-state index contributed by atoms with van der Waals surface area (Å²) >= 11 is 0. The zero-order valence-corrected chi connectivity index (χ0v) is 10.5. The fraction of sp³-hybridized carbons (Fsp3) is 0.733. The van der Waals surface area contributed by atoms with Crippen molar-refractivity contribution in [2.45, 2.75) is 45.4 Å². The van der Waals surface area contributed by atoms with Gasteiger partial charge in [0.05, 0.1) is 6.61 Å². The van der Waals surface area contributed by atoms with Gasteiger partial charge in [0.1, 0.15) is 0 Å². The molecular formula is C15H24O. The van der Waals surface area contributed by atoms with Gasteiger partial charge in [0, 0.05) is 0 Å². The van der Waals surface area contributed by atoms with Crippen molar-refractivity contribution in [3.63, 3.8) is 0 Å². The van der Waals surface area contributed by atoms with Crippen LogP contribution in [-0.4, -0.2) is 11.7 Å². The topological polar surface area (TPSA) is 20.2 Å². The van der Waals surface area contributed by atoms with Crippen LogP contribution in [0.5, 0.6) is 0 Å². The van der Waals surface area contributed by atoms with E-state index in [-0.39, 0.29) is 6.61 Å². The molecule has 1 nitrogen and oxygen atoms in total. The second-order valence-electron chi connectivity index (χ2n) is 6.01. The summed E-state index contributed by atoms with van der Waals surface area (Å²) in [6.07, 6.45) is 7.54. The maximum Gasteiger partial charge on any atom is 0.0641 e. The highest BCUT2D eigenvalue weighted by molar-refractivity contribution is 5.15. The van der Waals surface area contributed by atoms with Gasteiger partial charge in [0.2, 0.25) is 0 Å². The second-order valence-corrected chi connectivity index (χ2v) is 6.01.